The highest BCUT2D eigenvalue weighted by Gasteiger charge is 2.32. The number of nitrogens with zero attached hydrogens (tertiary/aromatic N) is 3. The Morgan fingerprint density at radius 2 is 2.27 bits per heavy atom. The van der Waals surface area contributed by atoms with Crippen LogP contribution in [0.3, 0.4) is 0 Å². The molecular weight excluding hydrogens is 302 g/mol. The van der Waals surface area contributed by atoms with E-state index in [9.17, 15) is 4.79 Å². The average Bonchev–Trinajstić information content (AvgIpc) is 2.92. The van der Waals surface area contributed by atoms with E-state index in [2.05, 4.69) is 9.97 Å². The molecule has 22 heavy (non-hydrogen) atoms. The summed E-state index contributed by atoms with van der Waals surface area (Å²) in [6.07, 6.45) is 5.20. The number of carbonyl (C=O) groups excluding carboxylic acids is 1. The van der Waals surface area contributed by atoms with E-state index in [0.29, 0.717) is 24.2 Å². The van der Waals surface area contributed by atoms with E-state index < -0.39 is 5.60 Å². The lowest BCUT2D eigenvalue weighted by atomic mass is 10.2. The maximum Gasteiger partial charge on any atom is 0.410 e. The second kappa shape index (κ2) is 7.17. The zero-order valence-corrected chi connectivity index (χ0v) is 14.4. The molecule has 0 N–H and O–H groups in total. The molecule has 2 rings (SSSR count). The summed E-state index contributed by atoms with van der Waals surface area (Å²) in [5, 5.41) is 0.674. The van der Waals surface area contributed by atoms with E-state index in [1.165, 1.54) is 11.8 Å². The molecule has 0 saturated carbocycles. The molecule has 1 fully saturated rings. The molecule has 0 radical (unpaired) electrons. The molecule has 2 heterocycles. The van der Waals surface area contributed by atoms with Crippen LogP contribution in [0.1, 0.15) is 33.6 Å². The van der Waals surface area contributed by atoms with Crippen molar-refractivity contribution in [3.63, 3.8) is 0 Å². The highest BCUT2D eigenvalue weighted by Crippen LogP contribution is 2.22. The van der Waals surface area contributed by atoms with Gasteiger partial charge in [-0.15, -0.1) is 0 Å². The van der Waals surface area contributed by atoms with Crippen molar-refractivity contribution < 1.29 is 14.3 Å². The van der Waals surface area contributed by atoms with Gasteiger partial charge < -0.3 is 14.4 Å². The van der Waals surface area contributed by atoms with Crippen LogP contribution < -0.4 is 4.74 Å². The molecule has 1 aliphatic rings. The van der Waals surface area contributed by atoms with Crippen molar-refractivity contribution in [1.29, 1.82) is 0 Å². The third-order valence-electron chi connectivity index (χ3n) is 3.22. The summed E-state index contributed by atoms with van der Waals surface area (Å²) in [4.78, 5) is 22.3. The van der Waals surface area contributed by atoms with Gasteiger partial charge in [0, 0.05) is 18.8 Å². The van der Waals surface area contributed by atoms with Gasteiger partial charge in [0.05, 0.1) is 6.04 Å². The van der Waals surface area contributed by atoms with Crippen molar-refractivity contribution in [2.24, 2.45) is 0 Å². The third-order valence-corrected chi connectivity index (χ3v) is 3.78. The Morgan fingerprint density at radius 1 is 1.50 bits per heavy atom. The van der Waals surface area contributed by atoms with Gasteiger partial charge in [-0.05, 0) is 39.9 Å². The fraction of sp³-hybridized carbons (Fsp3) is 0.667. The molecule has 1 aromatic rings. The first-order valence-corrected chi connectivity index (χ1v) is 8.61. The first kappa shape index (κ1) is 16.9. The molecule has 1 aliphatic heterocycles. The van der Waals surface area contributed by atoms with Gasteiger partial charge in [0.2, 0.25) is 5.88 Å². The third kappa shape index (κ3) is 4.76. The first-order valence-electron chi connectivity index (χ1n) is 7.38. The number of likely N-dealkylation sites (tertiary alicyclic amines) is 1. The summed E-state index contributed by atoms with van der Waals surface area (Å²) in [5.41, 5.74) is -0.481. The summed E-state index contributed by atoms with van der Waals surface area (Å²) in [6, 6.07) is 1.76. The highest BCUT2D eigenvalue weighted by molar-refractivity contribution is 7.98. The Hall–Kier alpha value is -1.50. The summed E-state index contributed by atoms with van der Waals surface area (Å²) < 4.78 is 11.2. The van der Waals surface area contributed by atoms with Gasteiger partial charge in [-0.1, -0.05) is 11.8 Å². The summed E-state index contributed by atoms with van der Waals surface area (Å²) in [5.74, 6) is 0.537. The Bertz CT molecular complexity index is 519. The van der Waals surface area contributed by atoms with Gasteiger partial charge in [0.25, 0.3) is 0 Å². The quantitative estimate of drug-likeness (QED) is 0.626. The van der Waals surface area contributed by atoms with Gasteiger partial charge in [-0.25, -0.2) is 9.78 Å². The second-order valence-electron chi connectivity index (χ2n) is 6.16. The Balaban J connectivity index is 1.92. The van der Waals surface area contributed by atoms with E-state index in [0.717, 1.165) is 12.8 Å². The van der Waals surface area contributed by atoms with Crippen LogP contribution in [0, 0.1) is 0 Å². The molecule has 6 nitrogen and oxygen atoms in total. The lowest BCUT2D eigenvalue weighted by Crippen LogP contribution is -2.42. The molecule has 0 aliphatic carbocycles. The maximum absolute atomic E-state index is 12.2. The largest absolute Gasteiger partial charge is 0.475 e. The maximum atomic E-state index is 12.2. The molecule has 0 aromatic carbocycles. The Labute approximate surface area is 135 Å². The zero-order chi connectivity index (χ0) is 16.2. The normalized spacial score (nSPS) is 18.4. The topological polar surface area (TPSA) is 64.5 Å². The van der Waals surface area contributed by atoms with Gasteiger partial charge in [0.15, 0.2) is 5.16 Å². The predicted molar refractivity (Wildman–Crippen MR) is 85.3 cm³/mol. The molecule has 0 spiro atoms. The van der Waals surface area contributed by atoms with Crippen LogP contribution >= 0.6 is 11.8 Å². The lowest BCUT2D eigenvalue weighted by Gasteiger charge is -2.28. The molecule has 122 valence electrons. The van der Waals surface area contributed by atoms with Crippen LogP contribution in [0.25, 0.3) is 0 Å². The second-order valence-corrected chi connectivity index (χ2v) is 6.94. The number of carbonyl (C=O) groups is 1. The van der Waals surface area contributed by atoms with E-state index >= 15 is 0 Å². The molecular formula is C15H23N3O3S. The molecule has 1 aromatic heterocycles. The van der Waals surface area contributed by atoms with Crippen LogP contribution in [0.15, 0.2) is 17.4 Å². The molecule has 1 saturated heterocycles. The average molecular weight is 325 g/mol. The molecule has 0 unspecified atom stereocenters. The minimum Gasteiger partial charge on any atom is -0.475 e. The fourth-order valence-corrected chi connectivity index (χ4v) is 2.60. The fourth-order valence-electron chi connectivity index (χ4n) is 2.26. The Morgan fingerprint density at radius 3 is 2.95 bits per heavy atom. The van der Waals surface area contributed by atoms with Crippen molar-refractivity contribution >= 4 is 17.9 Å². The monoisotopic (exact) mass is 325 g/mol. The predicted octanol–water partition coefficient (Wildman–Crippen LogP) is 2.98. The van der Waals surface area contributed by atoms with Crippen molar-refractivity contribution in [1.82, 2.24) is 14.9 Å². The summed E-state index contributed by atoms with van der Waals surface area (Å²) in [6.45, 7) is 6.75. The van der Waals surface area contributed by atoms with Crippen molar-refractivity contribution in [2.45, 2.75) is 50.4 Å². The summed E-state index contributed by atoms with van der Waals surface area (Å²) in [7, 11) is 0. The van der Waals surface area contributed by atoms with Gasteiger partial charge in [-0.2, -0.15) is 4.98 Å². The molecule has 7 heteroatoms. The number of hydrogen-bond acceptors (Lipinski definition) is 6. The Kier molecular flexibility index (Phi) is 5.50. The van der Waals surface area contributed by atoms with Crippen molar-refractivity contribution in [3.8, 4) is 5.88 Å². The van der Waals surface area contributed by atoms with Crippen LogP contribution in [0.4, 0.5) is 4.79 Å². The van der Waals surface area contributed by atoms with E-state index in [-0.39, 0.29) is 12.1 Å². The zero-order valence-electron chi connectivity index (χ0n) is 13.5. The lowest BCUT2D eigenvalue weighted by molar-refractivity contribution is 0.0185. The number of thioether (sulfide) groups is 1. The minimum atomic E-state index is -0.481. The molecule has 1 amide bonds. The number of hydrogen-bond donors (Lipinski definition) is 0. The van der Waals surface area contributed by atoms with Crippen molar-refractivity contribution in [2.75, 3.05) is 19.4 Å². The van der Waals surface area contributed by atoms with Crippen LogP contribution in [0.5, 0.6) is 5.88 Å². The molecule has 1 atom stereocenters. The van der Waals surface area contributed by atoms with Crippen LogP contribution in [0.2, 0.25) is 0 Å². The van der Waals surface area contributed by atoms with Crippen molar-refractivity contribution in [3.05, 3.63) is 12.3 Å². The number of rotatable bonds is 4. The van der Waals surface area contributed by atoms with E-state index in [1.54, 1.807) is 17.2 Å². The van der Waals surface area contributed by atoms with Crippen LogP contribution in [-0.4, -0.2) is 52.0 Å². The molecule has 0 bridgehead atoms. The van der Waals surface area contributed by atoms with Gasteiger partial charge >= 0.3 is 6.09 Å². The van der Waals surface area contributed by atoms with Gasteiger partial charge in [0.1, 0.15) is 12.2 Å². The number of aromatic nitrogens is 2. The van der Waals surface area contributed by atoms with Crippen LogP contribution in [-0.2, 0) is 4.74 Å². The van der Waals surface area contributed by atoms with E-state index in [4.69, 9.17) is 9.47 Å². The minimum absolute atomic E-state index is 0.0301. The SMILES string of the molecule is CSc1nccc(OC[C@H]2CCCN2C(=O)OC(C)(C)C)n1. The first-order chi connectivity index (χ1) is 10.4. The standard InChI is InChI=1S/C15H23N3O3S/c1-15(2,3)21-14(19)18-9-5-6-11(18)10-20-12-7-8-16-13(17-12)22-4/h7-8,11H,5-6,9-10H2,1-4H3/t11-/m1/s1. The van der Waals surface area contributed by atoms with E-state index in [1.807, 2.05) is 27.0 Å². The highest BCUT2D eigenvalue weighted by atomic mass is 32.2. The smallest absolute Gasteiger partial charge is 0.410 e. The summed E-state index contributed by atoms with van der Waals surface area (Å²) >= 11 is 1.47. The number of ether oxygens (including phenoxy) is 2. The number of amides is 1. The van der Waals surface area contributed by atoms with Gasteiger partial charge in [-0.3, -0.25) is 0 Å².